The molecule has 136 valence electrons. The molecule has 1 aliphatic heterocycles. The molecule has 3 rings (SSSR count). The predicted octanol–water partition coefficient (Wildman–Crippen LogP) is 3.77. The zero-order chi connectivity index (χ0) is 18.7. The first-order valence-electron chi connectivity index (χ1n) is 7.95. The summed E-state index contributed by atoms with van der Waals surface area (Å²) < 4.78 is 5.48. The van der Waals surface area contributed by atoms with Gasteiger partial charge in [-0.2, -0.15) is 0 Å². The van der Waals surface area contributed by atoms with E-state index in [1.807, 2.05) is 0 Å². The van der Waals surface area contributed by atoms with Gasteiger partial charge in [0.05, 0.1) is 5.02 Å². The second-order valence-electron chi connectivity index (χ2n) is 5.75. The maximum Gasteiger partial charge on any atom is 0.388 e. The van der Waals surface area contributed by atoms with Crippen LogP contribution in [0.4, 0.5) is 16.3 Å². The van der Waals surface area contributed by atoms with Crippen molar-refractivity contribution in [3.05, 3.63) is 45.2 Å². The van der Waals surface area contributed by atoms with Crippen molar-refractivity contribution in [2.45, 2.75) is 19.8 Å². The molecule has 0 unspecified atom stereocenters. The number of benzene rings is 1. The van der Waals surface area contributed by atoms with E-state index in [-0.39, 0.29) is 34.2 Å². The molecular formula is C16H16ClN5O4. The van der Waals surface area contributed by atoms with Gasteiger partial charge in [0.15, 0.2) is 5.75 Å². The number of halogens is 1. The van der Waals surface area contributed by atoms with Crippen LogP contribution < -0.4 is 10.1 Å². The standard InChI is InChI=1S/C16H16ClN5O4/c1-10-15(22(24)25)20-14(9-18-10)26-13-5-4-11(8-12(13)17)19-16(23)21-6-2-3-7-21/h4-5,8-9H,2-3,6-7H2,1H3,(H,19,23). The number of hydrogen-bond acceptors (Lipinski definition) is 6. The Balaban J connectivity index is 1.72. The molecule has 1 saturated heterocycles. The number of ether oxygens (including phenoxy) is 1. The number of urea groups is 1. The van der Waals surface area contributed by atoms with Crippen molar-refractivity contribution in [2.75, 3.05) is 18.4 Å². The SMILES string of the molecule is Cc1ncc(Oc2ccc(NC(=O)N3CCCC3)cc2Cl)nc1[N+](=O)[O-]. The van der Waals surface area contributed by atoms with Crippen molar-refractivity contribution < 1.29 is 14.5 Å². The van der Waals surface area contributed by atoms with E-state index in [1.54, 1.807) is 23.1 Å². The van der Waals surface area contributed by atoms with Crippen LogP contribution in [0.1, 0.15) is 18.5 Å². The first-order chi connectivity index (χ1) is 12.4. The van der Waals surface area contributed by atoms with Crippen molar-refractivity contribution in [3.8, 4) is 11.6 Å². The minimum Gasteiger partial charge on any atom is -0.418 e. The van der Waals surface area contributed by atoms with Gasteiger partial charge in [-0.25, -0.2) is 9.78 Å². The van der Waals surface area contributed by atoms with Gasteiger partial charge in [0.25, 0.3) is 0 Å². The van der Waals surface area contributed by atoms with E-state index in [9.17, 15) is 14.9 Å². The monoisotopic (exact) mass is 377 g/mol. The number of nitrogens with one attached hydrogen (secondary N) is 1. The lowest BCUT2D eigenvalue weighted by Crippen LogP contribution is -2.32. The maximum absolute atomic E-state index is 12.1. The zero-order valence-electron chi connectivity index (χ0n) is 13.9. The summed E-state index contributed by atoms with van der Waals surface area (Å²) in [7, 11) is 0. The van der Waals surface area contributed by atoms with Crippen LogP contribution in [0.2, 0.25) is 5.02 Å². The molecule has 1 N–H and O–H groups in total. The molecule has 2 amide bonds. The van der Waals surface area contributed by atoms with E-state index in [4.69, 9.17) is 16.3 Å². The summed E-state index contributed by atoms with van der Waals surface area (Å²) in [6, 6.07) is 4.55. The summed E-state index contributed by atoms with van der Waals surface area (Å²) in [5, 5.41) is 13.9. The van der Waals surface area contributed by atoms with Gasteiger partial charge < -0.3 is 25.1 Å². The molecule has 1 aromatic heterocycles. The summed E-state index contributed by atoms with van der Waals surface area (Å²) in [6.45, 7) is 2.97. The molecule has 26 heavy (non-hydrogen) atoms. The molecule has 0 aliphatic carbocycles. The third kappa shape index (κ3) is 3.99. The molecule has 10 heteroatoms. The Kier molecular flexibility index (Phi) is 5.17. The molecular weight excluding hydrogens is 362 g/mol. The fourth-order valence-corrected chi connectivity index (χ4v) is 2.76. The quantitative estimate of drug-likeness (QED) is 0.641. The molecule has 1 aliphatic rings. The van der Waals surface area contributed by atoms with E-state index < -0.39 is 4.92 Å². The van der Waals surface area contributed by atoms with Crippen LogP contribution in [0.25, 0.3) is 0 Å². The lowest BCUT2D eigenvalue weighted by atomic mass is 10.3. The highest BCUT2D eigenvalue weighted by molar-refractivity contribution is 6.32. The van der Waals surface area contributed by atoms with Crippen molar-refractivity contribution in [1.82, 2.24) is 14.9 Å². The van der Waals surface area contributed by atoms with Crippen molar-refractivity contribution >= 4 is 29.1 Å². The minimum atomic E-state index is -0.631. The number of carbonyl (C=O) groups is 1. The number of rotatable bonds is 4. The van der Waals surface area contributed by atoms with Gasteiger partial charge in [0.1, 0.15) is 11.9 Å². The molecule has 0 spiro atoms. The normalized spacial score (nSPS) is 13.5. The summed E-state index contributed by atoms with van der Waals surface area (Å²) in [5.74, 6) is -0.176. The number of anilines is 1. The molecule has 2 aromatic rings. The Morgan fingerprint density at radius 3 is 2.77 bits per heavy atom. The predicted molar refractivity (Wildman–Crippen MR) is 94.8 cm³/mol. The largest absolute Gasteiger partial charge is 0.418 e. The lowest BCUT2D eigenvalue weighted by Gasteiger charge is -2.16. The number of nitro groups is 1. The van der Waals surface area contributed by atoms with Gasteiger partial charge in [-0.15, -0.1) is 0 Å². The van der Waals surface area contributed by atoms with Crippen LogP contribution in [0, 0.1) is 17.0 Å². The van der Waals surface area contributed by atoms with Gasteiger partial charge >= 0.3 is 17.7 Å². The van der Waals surface area contributed by atoms with Crippen LogP contribution in [0.15, 0.2) is 24.4 Å². The molecule has 0 atom stereocenters. The highest BCUT2D eigenvalue weighted by Gasteiger charge is 2.20. The van der Waals surface area contributed by atoms with Gasteiger partial charge in [0.2, 0.25) is 0 Å². The number of hydrogen-bond donors (Lipinski definition) is 1. The highest BCUT2D eigenvalue weighted by Crippen LogP contribution is 2.31. The lowest BCUT2D eigenvalue weighted by molar-refractivity contribution is -0.390. The molecule has 9 nitrogen and oxygen atoms in total. The van der Waals surface area contributed by atoms with Crippen molar-refractivity contribution in [3.63, 3.8) is 0 Å². The van der Waals surface area contributed by atoms with Crippen LogP contribution in [-0.2, 0) is 0 Å². The average molecular weight is 378 g/mol. The van der Waals surface area contributed by atoms with E-state index >= 15 is 0 Å². The molecule has 0 bridgehead atoms. The van der Waals surface area contributed by atoms with Crippen LogP contribution in [0.5, 0.6) is 11.6 Å². The third-order valence-corrected chi connectivity index (χ3v) is 4.17. The summed E-state index contributed by atoms with van der Waals surface area (Å²) in [4.78, 5) is 31.8. The molecule has 0 saturated carbocycles. The van der Waals surface area contributed by atoms with Gasteiger partial charge in [-0.1, -0.05) is 11.6 Å². The third-order valence-electron chi connectivity index (χ3n) is 3.87. The smallest absolute Gasteiger partial charge is 0.388 e. The first kappa shape index (κ1) is 17.9. The molecule has 1 fully saturated rings. The van der Waals surface area contributed by atoms with Crippen molar-refractivity contribution in [2.24, 2.45) is 0 Å². The van der Waals surface area contributed by atoms with Gasteiger partial charge in [-0.3, -0.25) is 0 Å². The number of likely N-dealkylation sites (tertiary alicyclic amines) is 1. The topological polar surface area (TPSA) is 110 Å². The fraction of sp³-hybridized carbons (Fsp3) is 0.312. The maximum atomic E-state index is 12.1. The van der Waals surface area contributed by atoms with E-state index in [1.165, 1.54) is 13.1 Å². The van der Waals surface area contributed by atoms with E-state index in [0.717, 1.165) is 25.9 Å². The number of carbonyl (C=O) groups excluding carboxylic acids is 1. The first-order valence-corrected chi connectivity index (χ1v) is 8.33. The second-order valence-corrected chi connectivity index (χ2v) is 6.15. The Hall–Kier alpha value is -2.94. The van der Waals surface area contributed by atoms with Crippen molar-refractivity contribution in [1.29, 1.82) is 0 Å². The van der Waals surface area contributed by atoms with Crippen LogP contribution >= 0.6 is 11.6 Å². The van der Waals surface area contributed by atoms with E-state index in [2.05, 4.69) is 15.3 Å². The number of nitrogens with zero attached hydrogens (tertiary/aromatic N) is 4. The molecule has 1 aromatic carbocycles. The number of aryl methyl sites for hydroxylation is 1. The Morgan fingerprint density at radius 1 is 1.38 bits per heavy atom. The average Bonchev–Trinajstić information content (AvgIpc) is 3.13. The number of aromatic nitrogens is 2. The Bertz CT molecular complexity index is 855. The van der Waals surface area contributed by atoms with Crippen LogP contribution in [0.3, 0.4) is 0 Å². The second kappa shape index (κ2) is 7.52. The van der Waals surface area contributed by atoms with Gasteiger partial charge in [-0.05, 0) is 42.9 Å². The molecule has 0 radical (unpaired) electrons. The highest BCUT2D eigenvalue weighted by atomic mass is 35.5. The molecule has 2 heterocycles. The zero-order valence-corrected chi connectivity index (χ0v) is 14.7. The summed E-state index contributed by atoms with van der Waals surface area (Å²) in [6.07, 6.45) is 3.29. The fourth-order valence-electron chi connectivity index (χ4n) is 2.54. The minimum absolute atomic E-state index is 0.0435. The summed E-state index contributed by atoms with van der Waals surface area (Å²) in [5.41, 5.74) is 0.716. The summed E-state index contributed by atoms with van der Waals surface area (Å²) >= 11 is 6.18. The Morgan fingerprint density at radius 2 is 2.12 bits per heavy atom. The Labute approximate surface area is 154 Å². The van der Waals surface area contributed by atoms with E-state index in [0.29, 0.717) is 5.69 Å². The van der Waals surface area contributed by atoms with Crippen LogP contribution in [-0.4, -0.2) is 38.9 Å². The van der Waals surface area contributed by atoms with Gasteiger partial charge in [0, 0.05) is 23.8 Å². The number of amides is 2.